The van der Waals surface area contributed by atoms with Crippen LogP contribution in [0, 0.1) is 0 Å². The second-order valence-electron chi connectivity index (χ2n) is 6.48. The van der Waals surface area contributed by atoms with E-state index in [1.165, 1.54) is 7.11 Å². The van der Waals surface area contributed by atoms with Gasteiger partial charge in [0, 0.05) is 17.1 Å². The second kappa shape index (κ2) is 7.23. The lowest BCUT2D eigenvalue weighted by atomic mass is 10.1. The minimum absolute atomic E-state index is 0.0322. The van der Waals surface area contributed by atoms with Gasteiger partial charge in [-0.25, -0.2) is 4.79 Å². The fraction of sp³-hybridized carbons (Fsp3) is 0.182. The molecular weight excluding hydrogens is 356 g/mol. The number of rotatable bonds is 5. The second-order valence-corrected chi connectivity index (χ2v) is 6.48. The number of benzene rings is 2. The van der Waals surface area contributed by atoms with Crippen LogP contribution in [0.2, 0.25) is 0 Å². The van der Waals surface area contributed by atoms with Crippen LogP contribution < -0.4 is 5.32 Å². The molecule has 2 aromatic carbocycles. The molecule has 0 atom stereocenters. The highest BCUT2D eigenvalue weighted by Gasteiger charge is 2.22. The van der Waals surface area contributed by atoms with Crippen molar-refractivity contribution in [3.05, 3.63) is 65.9 Å². The number of fused-ring (bicyclic) bond motifs is 3. The third-order valence-corrected chi connectivity index (χ3v) is 4.79. The van der Waals surface area contributed by atoms with Crippen LogP contribution in [-0.2, 0) is 22.5 Å². The predicted octanol–water partition coefficient (Wildman–Crippen LogP) is 4.38. The summed E-state index contributed by atoms with van der Waals surface area (Å²) in [6.07, 6.45) is 0.810. The summed E-state index contributed by atoms with van der Waals surface area (Å²) in [5.74, 6) is -0.744. The SMILES string of the molecule is CCc1ccccc1NC(=O)Cn1c(C(=O)OC)cc2oc3ccccc3c21. The molecule has 4 aromatic rings. The van der Waals surface area contributed by atoms with Crippen LogP contribution >= 0.6 is 0 Å². The Kier molecular flexibility index (Phi) is 4.61. The van der Waals surface area contributed by atoms with Crippen molar-refractivity contribution < 1.29 is 18.7 Å². The number of hydrogen-bond acceptors (Lipinski definition) is 4. The number of aryl methyl sites for hydroxylation is 1. The third-order valence-electron chi connectivity index (χ3n) is 4.79. The first-order valence-corrected chi connectivity index (χ1v) is 9.09. The van der Waals surface area contributed by atoms with Gasteiger partial charge in [0.1, 0.15) is 17.8 Å². The summed E-state index contributed by atoms with van der Waals surface area (Å²) in [6.45, 7) is 2.00. The Morgan fingerprint density at radius 3 is 2.61 bits per heavy atom. The maximum Gasteiger partial charge on any atom is 0.354 e. The number of nitrogens with zero attached hydrogens (tertiary/aromatic N) is 1. The fourth-order valence-corrected chi connectivity index (χ4v) is 3.47. The smallest absolute Gasteiger partial charge is 0.354 e. The predicted molar refractivity (Wildman–Crippen MR) is 107 cm³/mol. The molecule has 28 heavy (non-hydrogen) atoms. The fourth-order valence-electron chi connectivity index (χ4n) is 3.47. The summed E-state index contributed by atoms with van der Waals surface area (Å²) in [6, 6.07) is 16.8. The van der Waals surface area contributed by atoms with Crippen LogP contribution in [0.5, 0.6) is 0 Å². The van der Waals surface area contributed by atoms with Crippen LogP contribution in [0.15, 0.2) is 59.0 Å². The number of esters is 1. The van der Waals surface area contributed by atoms with Gasteiger partial charge in [-0.05, 0) is 30.2 Å². The maximum atomic E-state index is 12.8. The zero-order valence-corrected chi connectivity index (χ0v) is 15.7. The van der Waals surface area contributed by atoms with E-state index < -0.39 is 5.97 Å². The number of nitrogens with one attached hydrogen (secondary N) is 1. The molecule has 2 heterocycles. The van der Waals surface area contributed by atoms with Gasteiger partial charge in [-0.2, -0.15) is 0 Å². The van der Waals surface area contributed by atoms with Crippen LogP contribution in [0.1, 0.15) is 23.0 Å². The number of hydrogen-bond donors (Lipinski definition) is 1. The van der Waals surface area contributed by atoms with Crippen LogP contribution in [0.4, 0.5) is 5.69 Å². The molecule has 2 aromatic heterocycles. The minimum atomic E-state index is -0.516. The van der Waals surface area contributed by atoms with E-state index >= 15 is 0 Å². The Bertz CT molecular complexity index is 1190. The van der Waals surface area contributed by atoms with E-state index in [0.29, 0.717) is 16.7 Å². The number of carbonyl (C=O) groups is 2. The number of furan rings is 1. The van der Waals surface area contributed by atoms with Crippen molar-refractivity contribution in [2.24, 2.45) is 0 Å². The van der Waals surface area contributed by atoms with E-state index in [1.807, 2.05) is 55.5 Å². The molecule has 1 N–H and O–H groups in total. The van der Waals surface area contributed by atoms with Crippen LogP contribution in [0.3, 0.4) is 0 Å². The molecule has 0 saturated heterocycles. The Labute approximate surface area is 161 Å². The van der Waals surface area contributed by atoms with E-state index in [2.05, 4.69) is 5.32 Å². The minimum Gasteiger partial charge on any atom is -0.464 e. The van der Waals surface area contributed by atoms with Crippen molar-refractivity contribution in [3.8, 4) is 0 Å². The first-order valence-electron chi connectivity index (χ1n) is 9.09. The summed E-state index contributed by atoms with van der Waals surface area (Å²) < 4.78 is 12.4. The highest BCUT2D eigenvalue weighted by molar-refractivity contribution is 6.07. The van der Waals surface area contributed by atoms with Crippen LogP contribution in [0.25, 0.3) is 22.1 Å². The lowest BCUT2D eigenvalue weighted by Crippen LogP contribution is -2.22. The van der Waals surface area contributed by atoms with Crippen LogP contribution in [-0.4, -0.2) is 23.6 Å². The van der Waals surface area contributed by atoms with Gasteiger partial charge in [-0.1, -0.05) is 37.3 Å². The first-order chi connectivity index (χ1) is 13.6. The summed E-state index contributed by atoms with van der Waals surface area (Å²) in [5, 5.41) is 3.79. The van der Waals surface area contributed by atoms with Gasteiger partial charge in [-0.15, -0.1) is 0 Å². The summed E-state index contributed by atoms with van der Waals surface area (Å²) in [7, 11) is 1.32. The zero-order chi connectivity index (χ0) is 19.7. The molecule has 0 fully saturated rings. The zero-order valence-electron chi connectivity index (χ0n) is 15.7. The normalized spacial score (nSPS) is 11.1. The summed E-state index contributed by atoms with van der Waals surface area (Å²) in [4.78, 5) is 25.1. The summed E-state index contributed by atoms with van der Waals surface area (Å²) >= 11 is 0. The molecule has 0 spiro atoms. The van der Waals surface area contributed by atoms with Gasteiger partial charge in [0.15, 0.2) is 5.58 Å². The first kappa shape index (κ1) is 17.9. The highest BCUT2D eigenvalue weighted by Crippen LogP contribution is 2.31. The molecule has 0 aliphatic heterocycles. The molecule has 142 valence electrons. The molecule has 1 amide bonds. The van der Waals surface area contributed by atoms with Crippen molar-refractivity contribution in [3.63, 3.8) is 0 Å². The van der Waals surface area contributed by atoms with E-state index in [0.717, 1.165) is 23.1 Å². The Morgan fingerprint density at radius 1 is 1.07 bits per heavy atom. The lowest BCUT2D eigenvalue weighted by Gasteiger charge is -2.12. The number of methoxy groups -OCH3 is 1. The molecule has 0 aliphatic rings. The average Bonchev–Trinajstić information content (AvgIpc) is 3.24. The van der Waals surface area contributed by atoms with Crippen molar-refractivity contribution in [2.45, 2.75) is 19.9 Å². The van der Waals surface area contributed by atoms with Gasteiger partial charge in [-0.3, -0.25) is 4.79 Å². The Hall–Kier alpha value is -3.54. The molecule has 6 heteroatoms. The highest BCUT2D eigenvalue weighted by atomic mass is 16.5. The van der Waals surface area contributed by atoms with Gasteiger partial charge >= 0.3 is 5.97 Å². The standard InChI is InChI=1S/C22H20N2O4/c1-3-14-8-4-6-10-16(14)23-20(25)13-24-17(22(26)27-2)12-19-21(24)15-9-5-7-11-18(15)28-19/h4-12H,3,13H2,1-2H3,(H,23,25). The maximum absolute atomic E-state index is 12.8. The number of amides is 1. The van der Waals surface area contributed by atoms with E-state index in [9.17, 15) is 9.59 Å². The Morgan fingerprint density at radius 2 is 1.82 bits per heavy atom. The third kappa shape index (κ3) is 3.03. The monoisotopic (exact) mass is 376 g/mol. The Balaban J connectivity index is 1.75. The van der Waals surface area contributed by atoms with Gasteiger partial charge in [0.2, 0.25) is 5.91 Å². The van der Waals surface area contributed by atoms with Gasteiger partial charge in [0.05, 0.1) is 12.6 Å². The molecule has 0 radical (unpaired) electrons. The largest absolute Gasteiger partial charge is 0.464 e. The van der Waals surface area contributed by atoms with E-state index in [1.54, 1.807) is 10.6 Å². The van der Waals surface area contributed by atoms with Gasteiger partial charge < -0.3 is 19.0 Å². The molecule has 0 saturated carbocycles. The van der Waals surface area contributed by atoms with Gasteiger partial charge in [0.25, 0.3) is 0 Å². The number of para-hydroxylation sites is 2. The lowest BCUT2D eigenvalue weighted by molar-refractivity contribution is -0.116. The number of carbonyl (C=O) groups excluding carboxylic acids is 2. The number of aromatic nitrogens is 1. The number of ether oxygens (including phenoxy) is 1. The van der Waals surface area contributed by atoms with E-state index in [-0.39, 0.29) is 18.1 Å². The topological polar surface area (TPSA) is 73.5 Å². The molecule has 0 aliphatic carbocycles. The average molecular weight is 376 g/mol. The van der Waals surface area contributed by atoms with E-state index in [4.69, 9.17) is 9.15 Å². The molecular formula is C22H20N2O4. The molecule has 6 nitrogen and oxygen atoms in total. The van der Waals surface area contributed by atoms with Crippen molar-refractivity contribution in [1.29, 1.82) is 0 Å². The molecule has 4 rings (SSSR count). The molecule has 0 unspecified atom stereocenters. The van der Waals surface area contributed by atoms with Crippen molar-refractivity contribution in [2.75, 3.05) is 12.4 Å². The molecule has 0 bridgehead atoms. The number of anilines is 1. The van der Waals surface area contributed by atoms with Crippen molar-refractivity contribution >= 4 is 39.6 Å². The quantitative estimate of drug-likeness (QED) is 0.525. The van der Waals surface area contributed by atoms with Crippen molar-refractivity contribution in [1.82, 2.24) is 4.57 Å². The summed E-state index contributed by atoms with van der Waals surface area (Å²) in [5.41, 5.74) is 4.05.